The van der Waals surface area contributed by atoms with E-state index in [-0.39, 0.29) is 30.3 Å². The third-order valence-electron chi connectivity index (χ3n) is 4.32. The number of hydrogen-bond acceptors (Lipinski definition) is 4. The van der Waals surface area contributed by atoms with Crippen molar-refractivity contribution in [2.24, 2.45) is 0 Å². The third-order valence-corrected chi connectivity index (χ3v) is 4.32. The number of imide groups is 1. The smallest absolute Gasteiger partial charge is 0.262 e. The lowest BCUT2D eigenvalue weighted by Gasteiger charge is -2.38. The molecule has 0 saturated carbocycles. The van der Waals surface area contributed by atoms with Crippen LogP contribution in [0.25, 0.3) is 0 Å². The summed E-state index contributed by atoms with van der Waals surface area (Å²) in [6.07, 6.45) is 0. The van der Waals surface area contributed by atoms with Crippen molar-refractivity contribution in [3.05, 3.63) is 35.4 Å². The van der Waals surface area contributed by atoms with E-state index in [1.165, 1.54) is 0 Å². The first-order chi connectivity index (χ1) is 10.5. The maximum Gasteiger partial charge on any atom is 0.262 e. The summed E-state index contributed by atoms with van der Waals surface area (Å²) in [5.74, 6) is -0.929. The minimum Gasteiger partial charge on any atom is -0.336 e. The number of rotatable bonds is 2. The molecular formula is C16H19N3O3. The van der Waals surface area contributed by atoms with E-state index in [2.05, 4.69) is 4.90 Å². The molecule has 116 valence electrons. The molecular weight excluding hydrogens is 282 g/mol. The maximum absolute atomic E-state index is 12.5. The maximum atomic E-state index is 12.5. The van der Waals surface area contributed by atoms with Crippen LogP contribution in [0.4, 0.5) is 0 Å². The lowest BCUT2D eigenvalue weighted by atomic mass is 10.1. The molecule has 1 aromatic carbocycles. The predicted octanol–water partition coefficient (Wildman–Crippen LogP) is 0.445. The van der Waals surface area contributed by atoms with Gasteiger partial charge >= 0.3 is 0 Å². The standard InChI is InChI=1S/C16H19N3O3/c1-11-9-17(2)7-8-18(11)14(20)10-19-15(21)12-5-3-4-6-13(12)16(19)22/h3-6,11H,7-10H2,1-2H3. The summed E-state index contributed by atoms with van der Waals surface area (Å²) in [7, 11) is 2.02. The molecule has 6 nitrogen and oxygen atoms in total. The fourth-order valence-corrected chi connectivity index (χ4v) is 3.12. The van der Waals surface area contributed by atoms with Gasteiger partial charge < -0.3 is 9.80 Å². The molecule has 0 N–H and O–H groups in total. The van der Waals surface area contributed by atoms with Gasteiger partial charge in [-0.05, 0) is 26.1 Å². The predicted molar refractivity (Wildman–Crippen MR) is 80.5 cm³/mol. The molecule has 6 heteroatoms. The summed E-state index contributed by atoms with van der Waals surface area (Å²) >= 11 is 0. The highest BCUT2D eigenvalue weighted by Gasteiger charge is 2.38. The van der Waals surface area contributed by atoms with Crippen LogP contribution in [0.1, 0.15) is 27.6 Å². The molecule has 2 aliphatic heterocycles. The van der Waals surface area contributed by atoms with Crippen molar-refractivity contribution in [3.63, 3.8) is 0 Å². The number of benzene rings is 1. The van der Waals surface area contributed by atoms with Gasteiger partial charge in [-0.25, -0.2) is 0 Å². The van der Waals surface area contributed by atoms with Gasteiger partial charge in [-0.1, -0.05) is 12.1 Å². The lowest BCUT2D eigenvalue weighted by molar-refractivity contribution is -0.135. The van der Waals surface area contributed by atoms with E-state index >= 15 is 0 Å². The fourth-order valence-electron chi connectivity index (χ4n) is 3.12. The molecule has 1 saturated heterocycles. The van der Waals surface area contributed by atoms with Crippen molar-refractivity contribution in [2.45, 2.75) is 13.0 Å². The van der Waals surface area contributed by atoms with Gasteiger partial charge in [0.15, 0.2) is 0 Å². The van der Waals surface area contributed by atoms with Crippen LogP contribution in [0.2, 0.25) is 0 Å². The zero-order valence-electron chi connectivity index (χ0n) is 12.8. The second-order valence-corrected chi connectivity index (χ2v) is 5.94. The summed E-state index contributed by atoms with van der Waals surface area (Å²) in [5.41, 5.74) is 0.762. The Hall–Kier alpha value is -2.21. The van der Waals surface area contributed by atoms with Crippen molar-refractivity contribution >= 4 is 17.7 Å². The van der Waals surface area contributed by atoms with Crippen LogP contribution in [0.5, 0.6) is 0 Å². The summed E-state index contributed by atoms with van der Waals surface area (Å²) < 4.78 is 0. The zero-order valence-corrected chi connectivity index (χ0v) is 12.8. The quantitative estimate of drug-likeness (QED) is 0.744. The van der Waals surface area contributed by atoms with E-state index in [0.29, 0.717) is 17.7 Å². The molecule has 0 bridgehead atoms. The highest BCUT2D eigenvalue weighted by Crippen LogP contribution is 2.22. The summed E-state index contributed by atoms with van der Waals surface area (Å²) in [4.78, 5) is 42.0. The highest BCUT2D eigenvalue weighted by molar-refractivity contribution is 6.22. The number of likely N-dealkylation sites (N-methyl/N-ethyl adjacent to an activating group) is 1. The number of hydrogen-bond donors (Lipinski definition) is 0. The van der Waals surface area contributed by atoms with Crippen LogP contribution in [0.15, 0.2) is 24.3 Å². The molecule has 1 unspecified atom stereocenters. The monoisotopic (exact) mass is 301 g/mol. The normalized spacial score (nSPS) is 22.2. The summed E-state index contributed by atoms with van der Waals surface area (Å²) in [5, 5.41) is 0. The molecule has 22 heavy (non-hydrogen) atoms. The summed E-state index contributed by atoms with van der Waals surface area (Å²) in [6, 6.07) is 6.77. The van der Waals surface area contributed by atoms with E-state index in [1.54, 1.807) is 29.2 Å². The SMILES string of the molecule is CC1CN(C)CCN1C(=O)CN1C(=O)c2ccccc2C1=O. The first kappa shape index (κ1) is 14.7. The first-order valence-electron chi connectivity index (χ1n) is 7.42. The molecule has 0 aliphatic carbocycles. The third kappa shape index (κ3) is 2.39. The van der Waals surface area contributed by atoms with Crippen LogP contribution in [-0.2, 0) is 4.79 Å². The molecule has 1 fully saturated rings. The molecule has 1 aromatic rings. The van der Waals surface area contributed by atoms with Gasteiger partial charge in [0, 0.05) is 25.7 Å². The average Bonchev–Trinajstić information content (AvgIpc) is 2.73. The van der Waals surface area contributed by atoms with Crippen LogP contribution >= 0.6 is 0 Å². The number of fused-ring (bicyclic) bond motifs is 1. The number of carbonyl (C=O) groups is 3. The fraction of sp³-hybridized carbons (Fsp3) is 0.438. The highest BCUT2D eigenvalue weighted by atomic mass is 16.2. The minimum atomic E-state index is -0.379. The topological polar surface area (TPSA) is 60.9 Å². The van der Waals surface area contributed by atoms with Gasteiger partial charge in [-0.3, -0.25) is 19.3 Å². The molecule has 0 spiro atoms. The molecule has 0 aromatic heterocycles. The molecule has 1 atom stereocenters. The van der Waals surface area contributed by atoms with Crippen molar-refractivity contribution in [1.82, 2.24) is 14.7 Å². The van der Waals surface area contributed by atoms with Gasteiger partial charge in [0.05, 0.1) is 11.1 Å². The number of nitrogens with zero attached hydrogens (tertiary/aromatic N) is 3. The van der Waals surface area contributed by atoms with Gasteiger partial charge in [-0.2, -0.15) is 0 Å². The Balaban J connectivity index is 1.73. The van der Waals surface area contributed by atoms with Gasteiger partial charge in [0.1, 0.15) is 6.54 Å². The summed E-state index contributed by atoms with van der Waals surface area (Å²) in [6.45, 7) is 4.03. The van der Waals surface area contributed by atoms with Crippen LogP contribution in [0, 0.1) is 0 Å². The van der Waals surface area contributed by atoms with E-state index in [1.807, 2.05) is 14.0 Å². The molecule has 3 rings (SSSR count). The average molecular weight is 301 g/mol. The van der Waals surface area contributed by atoms with Crippen LogP contribution in [-0.4, -0.2) is 71.7 Å². The van der Waals surface area contributed by atoms with Gasteiger partial charge in [0.2, 0.25) is 5.91 Å². The number of carbonyl (C=O) groups excluding carboxylic acids is 3. The molecule has 0 radical (unpaired) electrons. The van der Waals surface area contributed by atoms with E-state index in [9.17, 15) is 14.4 Å². The second kappa shape index (κ2) is 5.53. The number of piperazine rings is 1. The largest absolute Gasteiger partial charge is 0.336 e. The molecule has 2 heterocycles. The number of amides is 3. The Bertz CT molecular complexity index is 608. The first-order valence-corrected chi connectivity index (χ1v) is 7.42. The second-order valence-electron chi connectivity index (χ2n) is 5.94. The van der Waals surface area contributed by atoms with Gasteiger partial charge in [0.25, 0.3) is 11.8 Å². The molecule has 3 amide bonds. The van der Waals surface area contributed by atoms with Crippen LogP contribution in [0.3, 0.4) is 0 Å². The Kier molecular flexibility index (Phi) is 3.70. The lowest BCUT2D eigenvalue weighted by Crippen LogP contribution is -2.55. The molecule has 2 aliphatic rings. The Morgan fingerprint density at radius 1 is 1.14 bits per heavy atom. The van der Waals surface area contributed by atoms with E-state index in [4.69, 9.17) is 0 Å². The minimum absolute atomic E-state index is 0.0847. The van der Waals surface area contributed by atoms with Crippen LogP contribution < -0.4 is 0 Å². The van der Waals surface area contributed by atoms with Crippen molar-refractivity contribution in [1.29, 1.82) is 0 Å². The zero-order chi connectivity index (χ0) is 15.9. The van der Waals surface area contributed by atoms with Gasteiger partial charge in [-0.15, -0.1) is 0 Å². The van der Waals surface area contributed by atoms with Crippen molar-refractivity contribution in [2.75, 3.05) is 33.2 Å². The Labute approximate surface area is 129 Å². The Morgan fingerprint density at radius 3 is 2.27 bits per heavy atom. The van der Waals surface area contributed by atoms with E-state index < -0.39 is 0 Å². The van der Waals surface area contributed by atoms with Crippen molar-refractivity contribution in [3.8, 4) is 0 Å². The van der Waals surface area contributed by atoms with Crippen molar-refractivity contribution < 1.29 is 14.4 Å². The van der Waals surface area contributed by atoms with E-state index in [0.717, 1.165) is 18.0 Å². The Morgan fingerprint density at radius 2 is 1.73 bits per heavy atom.